The molecule has 0 saturated carbocycles. The Balaban J connectivity index is 1.40. The SMILES string of the molecule is Cc1ccc(C(C)N2CCN(C(=O)c3n[nH]c4c3CCC4)CC2)cc1C. The molecule has 1 fully saturated rings. The quantitative estimate of drug-likeness (QED) is 0.924. The molecule has 0 bridgehead atoms. The number of benzene rings is 1. The van der Waals surface area contributed by atoms with Crippen LogP contribution < -0.4 is 0 Å². The van der Waals surface area contributed by atoms with Crippen LogP contribution in [0.25, 0.3) is 0 Å². The lowest BCUT2D eigenvalue weighted by Crippen LogP contribution is -2.49. The topological polar surface area (TPSA) is 52.2 Å². The first-order valence-electron chi connectivity index (χ1n) is 9.71. The third kappa shape index (κ3) is 3.05. The monoisotopic (exact) mass is 352 g/mol. The van der Waals surface area contributed by atoms with E-state index < -0.39 is 0 Å². The van der Waals surface area contributed by atoms with E-state index in [9.17, 15) is 4.79 Å². The van der Waals surface area contributed by atoms with Crippen LogP contribution in [0.15, 0.2) is 18.2 Å². The van der Waals surface area contributed by atoms with E-state index in [1.54, 1.807) is 0 Å². The lowest BCUT2D eigenvalue weighted by Gasteiger charge is -2.38. The number of aromatic nitrogens is 2. The summed E-state index contributed by atoms with van der Waals surface area (Å²) in [6.45, 7) is 9.96. The van der Waals surface area contributed by atoms with Crippen molar-refractivity contribution in [3.8, 4) is 0 Å². The van der Waals surface area contributed by atoms with E-state index in [2.05, 4.69) is 54.1 Å². The van der Waals surface area contributed by atoms with Crippen LogP contribution in [0.3, 0.4) is 0 Å². The van der Waals surface area contributed by atoms with Crippen LogP contribution in [0.1, 0.15) is 57.8 Å². The summed E-state index contributed by atoms with van der Waals surface area (Å²) in [5, 5.41) is 7.36. The van der Waals surface area contributed by atoms with Crippen molar-refractivity contribution >= 4 is 5.91 Å². The minimum Gasteiger partial charge on any atom is -0.335 e. The van der Waals surface area contributed by atoms with E-state index >= 15 is 0 Å². The highest BCUT2D eigenvalue weighted by Crippen LogP contribution is 2.26. The van der Waals surface area contributed by atoms with Gasteiger partial charge in [0.15, 0.2) is 5.69 Å². The van der Waals surface area contributed by atoms with Gasteiger partial charge in [-0.05, 0) is 56.7 Å². The van der Waals surface area contributed by atoms with Gasteiger partial charge in [0.2, 0.25) is 0 Å². The molecule has 4 rings (SSSR count). The molecular formula is C21H28N4O. The number of nitrogens with zero attached hydrogens (tertiary/aromatic N) is 3. The van der Waals surface area contributed by atoms with Gasteiger partial charge in [-0.25, -0.2) is 0 Å². The minimum atomic E-state index is 0.0999. The molecule has 1 amide bonds. The van der Waals surface area contributed by atoms with Gasteiger partial charge in [0.25, 0.3) is 5.91 Å². The zero-order chi connectivity index (χ0) is 18.3. The minimum absolute atomic E-state index is 0.0999. The Morgan fingerprint density at radius 2 is 1.88 bits per heavy atom. The zero-order valence-electron chi connectivity index (χ0n) is 16.0. The molecule has 5 heteroatoms. The average Bonchev–Trinajstić information content (AvgIpc) is 3.26. The molecule has 1 saturated heterocycles. The van der Waals surface area contributed by atoms with Crippen LogP contribution in [-0.4, -0.2) is 52.1 Å². The molecule has 138 valence electrons. The molecule has 1 unspecified atom stereocenters. The highest BCUT2D eigenvalue weighted by Gasteiger charge is 2.30. The molecular weight excluding hydrogens is 324 g/mol. The van der Waals surface area contributed by atoms with E-state index in [0.29, 0.717) is 11.7 Å². The van der Waals surface area contributed by atoms with E-state index in [-0.39, 0.29) is 5.91 Å². The molecule has 2 heterocycles. The number of amides is 1. The van der Waals surface area contributed by atoms with Crippen LogP contribution in [0, 0.1) is 13.8 Å². The number of H-pyrrole nitrogens is 1. The molecule has 1 atom stereocenters. The number of fused-ring (bicyclic) bond motifs is 1. The van der Waals surface area contributed by atoms with Gasteiger partial charge in [0.05, 0.1) is 0 Å². The van der Waals surface area contributed by atoms with E-state index in [1.807, 2.05) is 4.90 Å². The molecule has 1 aliphatic carbocycles. The number of hydrogen-bond donors (Lipinski definition) is 1. The summed E-state index contributed by atoms with van der Waals surface area (Å²) in [5.41, 5.74) is 7.01. The van der Waals surface area contributed by atoms with Gasteiger partial charge in [0, 0.05) is 43.5 Å². The average molecular weight is 352 g/mol. The molecule has 1 N–H and O–H groups in total. The van der Waals surface area contributed by atoms with Gasteiger partial charge in [-0.2, -0.15) is 5.10 Å². The predicted molar refractivity (Wildman–Crippen MR) is 102 cm³/mol. The van der Waals surface area contributed by atoms with Crippen molar-refractivity contribution in [2.45, 2.75) is 46.1 Å². The zero-order valence-corrected chi connectivity index (χ0v) is 16.0. The second-order valence-corrected chi connectivity index (χ2v) is 7.73. The second kappa shape index (κ2) is 6.88. The number of hydrogen-bond acceptors (Lipinski definition) is 3. The molecule has 0 spiro atoms. The van der Waals surface area contributed by atoms with Crippen LogP contribution in [0.2, 0.25) is 0 Å². The largest absolute Gasteiger partial charge is 0.335 e. The van der Waals surface area contributed by atoms with E-state index in [1.165, 1.54) is 16.7 Å². The Morgan fingerprint density at radius 3 is 2.62 bits per heavy atom. The smallest absolute Gasteiger partial charge is 0.274 e. The summed E-state index contributed by atoms with van der Waals surface area (Å²) in [6.07, 6.45) is 3.14. The molecule has 26 heavy (non-hydrogen) atoms. The Bertz CT molecular complexity index is 817. The third-order valence-electron chi connectivity index (χ3n) is 6.17. The van der Waals surface area contributed by atoms with Gasteiger partial charge in [0.1, 0.15) is 0 Å². The maximum Gasteiger partial charge on any atom is 0.274 e. The predicted octanol–water partition coefficient (Wildman–Crippen LogP) is 3.03. The van der Waals surface area contributed by atoms with Gasteiger partial charge in [-0.3, -0.25) is 14.8 Å². The van der Waals surface area contributed by atoms with Crippen molar-refractivity contribution < 1.29 is 4.79 Å². The third-order valence-corrected chi connectivity index (χ3v) is 6.17. The lowest BCUT2D eigenvalue weighted by atomic mass is 10.0. The van der Waals surface area contributed by atoms with Crippen molar-refractivity contribution in [2.75, 3.05) is 26.2 Å². The van der Waals surface area contributed by atoms with Gasteiger partial charge < -0.3 is 4.90 Å². The Labute approximate surface area is 155 Å². The summed E-state index contributed by atoms with van der Waals surface area (Å²) in [5.74, 6) is 0.0999. The van der Waals surface area contributed by atoms with Crippen molar-refractivity contribution in [3.05, 3.63) is 51.8 Å². The fourth-order valence-electron chi connectivity index (χ4n) is 4.19. The molecule has 2 aliphatic rings. The summed E-state index contributed by atoms with van der Waals surface area (Å²) >= 11 is 0. The fraction of sp³-hybridized carbons (Fsp3) is 0.524. The lowest BCUT2D eigenvalue weighted by molar-refractivity contribution is 0.0575. The Kier molecular flexibility index (Phi) is 4.57. The first kappa shape index (κ1) is 17.3. The highest BCUT2D eigenvalue weighted by molar-refractivity contribution is 5.94. The van der Waals surface area contributed by atoms with Crippen molar-refractivity contribution in [3.63, 3.8) is 0 Å². The maximum atomic E-state index is 12.9. The van der Waals surface area contributed by atoms with Crippen LogP contribution in [0.4, 0.5) is 0 Å². The maximum absolute atomic E-state index is 12.9. The molecule has 1 aromatic heterocycles. The van der Waals surface area contributed by atoms with Crippen LogP contribution in [0.5, 0.6) is 0 Å². The fourth-order valence-corrected chi connectivity index (χ4v) is 4.19. The number of aromatic amines is 1. The number of carbonyl (C=O) groups is 1. The molecule has 5 nitrogen and oxygen atoms in total. The Hall–Kier alpha value is -2.14. The summed E-state index contributed by atoms with van der Waals surface area (Å²) < 4.78 is 0. The number of piperazine rings is 1. The van der Waals surface area contributed by atoms with Crippen molar-refractivity contribution in [1.82, 2.24) is 20.0 Å². The van der Waals surface area contributed by atoms with E-state index in [0.717, 1.165) is 56.7 Å². The van der Waals surface area contributed by atoms with Crippen molar-refractivity contribution in [1.29, 1.82) is 0 Å². The Morgan fingerprint density at radius 1 is 1.12 bits per heavy atom. The van der Waals surface area contributed by atoms with Gasteiger partial charge in [-0.15, -0.1) is 0 Å². The number of carbonyl (C=O) groups excluding carboxylic acids is 1. The molecule has 0 radical (unpaired) electrons. The molecule has 1 aromatic carbocycles. The first-order valence-corrected chi connectivity index (χ1v) is 9.71. The first-order chi connectivity index (χ1) is 12.5. The highest BCUT2D eigenvalue weighted by atomic mass is 16.2. The van der Waals surface area contributed by atoms with Gasteiger partial charge in [-0.1, -0.05) is 18.2 Å². The molecule has 2 aromatic rings. The molecule has 1 aliphatic heterocycles. The van der Waals surface area contributed by atoms with Gasteiger partial charge >= 0.3 is 0 Å². The normalized spacial score (nSPS) is 18.8. The summed E-state index contributed by atoms with van der Waals surface area (Å²) in [7, 11) is 0. The number of aryl methyl sites for hydroxylation is 3. The summed E-state index contributed by atoms with van der Waals surface area (Å²) in [4.78, 5) is 17.3. The van der Waals surface area contributed by atoms with Crippen LogP contribution in [-0.2, 0) is 12.8 Å². The standard InChI is InChI=1S/C21H28N4O/c1-14-7-8-17(13-15(14)2)16(3)24-9-11-25(12-10-24)21(26)20-18-5-4-6-19(18)22-23-20/h7-8,13,16H,4-6,9-12H2,1-3H3,(H,22,23). The summed E-state index contributed by atoms with van der Waals surface area (Å²) in [6, 6.07) is 7.11. The second-order valence-electron chi connectivity index (χ2n) is 7.73. The number of rotatable bonds is 3. The van der Waals surface area contributed by atoms with Crippen molar-refractivity contribution in [2.24, 2.45) is 0 Å². The van der Waals surface area contributed by atoms with E-state index in [4.69, 9.17) is 0 Å². The number of nitrogens with one attached hydrogen (secondary N) is 1. The van der Waals surface area contributed by atoms with Crippen LogP contribution >= 0.6 is 0 Å².